The van der Waals surface area contributed by atoms with E-state index in [0.717, 1.165) is 25.7 Å². The van der Waals surface area contributed by atoms with Crippen molar-refractivity contribution in [3.63, 3.8) is 0 Å². The van der Waals surface area contributed by atoms with E-state index in [-0.39, 0.29) is 21.2 Å². The normalized spacial score (nSPS) is 18.4. The van der Waals surface area contributed by atoms with Crippen molar-refractivity contribution < 1.29 is 8.42 Å². The van der Waals surface area contributed by atoms with Crippen LogP contribution in [0.25, 0.3) is 0 Å². The standard InChI is InChI=1S/C13H21ClN4O2S/c1-13(5-3-2-4-6-13)9-17-21(19,20)10-7-11(14)12(18-15)16-8-10/h7-8,17H,2-6,9,15H2,1H3,(H,16,18). The molecular formula is C13H21ClN4O2S. The zero-order chi connectivity index (χ0) is 15.5. The monoisotopic (exact) mass is 332 g/mol. The van der Waals surface area contributed by atoms with Gasteiger partial charge >= 0.3 is 0 Å². The van der Waals surface area contributed by atoms with Crippen LogP contribution < -0.4 is 16.0 Å². The number of pyridine rings is 1. The van der Waals surface area contributed by atoms with E-state index in [1.807, 2.05) is 0 Å². The van der Waals surface area contributed by atoms with Gasteiger partial charge in [-0.25, -0.2) is 24.0 Å². The molecular weight excluding hydrogens is 312 g/mol. The van der Waals surface area contributed by atoms with Gasteiger partial charge in [0.05, 0.1) is 5.02 Å². The number of aromatic nitrogens is 1. The van der Waals surface area contributed by atoms with Crippen molar-refractivity contribution in [3.05, 3.63) is 17.3 Å². The third kappa shape index (κ3) is 4.06. The van der Waals surface area contributed by atoms with E-state index in [4.69, 9.17) is 17.4 Å². The van der Waals surface area contributed by atoms with Crippen LogP contribution in [0.4, 0.5) is 5.82 Å². The lowest BCUT2D eigenvalue weighted by molar-refractivity contribution is 0.219. The largest absolute Gasteiger partial charge is 0.307 e. The predicted molar refractivity (Wildman–Crippen MR) is 83.4 cm³/mol. The van der Waals surface area contributed by atoms with Gasteiger partial charge in [-0.15, -0.1) is 0 Å². The second-order valence-corrected chi connectivity index (χ2v) is 8.02. The molecule has 0 aliphatic heterocycles. The van der Waals surface area contributed by atoms with Crippen LogP contribution in [-0.4, -0.2) is 19.9 Å². The Morgan fingerprint density at radius 3 is 2.62 bits per heavy atom. The third-order valence-electron chi connectivity index (χ3n) is 4.01. The number of hydrazine groups is 1. The van der Waals surface area contributed by atoms with Crippen molar-refractivity contribution in [2.75, 3.05) is 12.0 Å². The molecule has 118 valence electrons. The zero-order valence-electron chi connectivity index (χ0n) is 12.0. The molecule has 0 amide bonds. The van der Waals surface area contributed by atoms with E-state index < -0.39 is 10.0 Å². The average molecular weight is 333 g/mol. The summed E-state index contributed by atoms with van der Waals surface area (Å²) >= 11 is 5.91. The first kappa shape index (κ1) is 16.5. The highest BCUT2D eigenvalue weighted by Gasteiger charge is 2.29. The van der Waals surface area contributed by atoms with E-state index in [1.54, 1.807) is 0 Å². The summed E-state index contributed by atoms with van der Waals surface area (Å²) in [4.78, 5) is 3.94. The Bertz CT molecular complexity index is 600. The minimum atomic E-state index is -3.61. The Morgan fingerprint density at radius 2 is 2.05 bits per heavy atom. The van der Waals surface area contributed by atoms with Crippen molar-refractivity contribution in [1.82, 2.24) is 9.71 Å². The number of rotatable bonds is 5. The quantitative estimate of drug-likeness (QED) is 0.567. The van der Waals surface area contributed by atoms with Gasteiger partial charge < -0.3 is 5.43 Å². The first-order chi connectivity index (χ1) is 9.86. The molecule has 0 bridgehead atoms. The van der Waals surface area contributed by atoms with Crippen molar-refractivity contribution in [2.45, 2.75) is 43.9 Å². The summed E-state index contributed by atoms with van der Waals surface area (Å²) in [7, 11) is -3.61. The maximum Gasteiger partial charge on any atom is 0.242 e. The van der Waals surface area contributed by atoms with E-state index in [0.29, 0.717) is 6.54 Å². The van der Waals surface area contributed by atoms with Crippen molar-refractivity contribution in [3.8, 4) is 0 Å². The van der Waals surface area contributed by atoms with Gasteiger partial charge in [0.15, 0.2) is 5.82 Å². The fourth-order valence-electron chi connectivity index (χ4n) is 2.61. The van der Waals surface area contributed by atoms with Crippen molar-refractivity contribution >= 4 is 27.4 Å². The summed E-state index contributed by atoms with van der Waals surface area (Å²) in [6.07, 6.45) is 6.88. The van der Waals surface area contributed by atoms with Gasteiger partial charge in [0, 0.05) is 12.7 Å². The number of nitrogens with zero attached hydrogens (tertiary/aromatic N) is 1. The molecule has 2 rings (SSSR count). The maximum atomic E-state index is 12.3. The molecule has 6 nitrogen and oxygen atoms in total. The number of hydrogen-bond acceptors (Lipinski definition) is 5. The van der Waals surface area contributed by atoms with Crippen LogP contribution >= 0.6 is 11.6 Å². The number of sulfonamides is 1. The summed E-state index contributed by atoms with van der Waals surface area (Å²) in [5.41, 5.74) is 2.33. The lowest BCUT2D eigenvalue weighted by Gasteiger charge is -2.33. The molecule has 21 heavy (non-hydrogen) atoms. The third-order valence-corrected chi connectivity index (χ3v) is 5.67. The van der Waals surface area contributed by atoms with Crippen LogP contribution in [0.3, 0.4) is 0 Å². The predicted octanol–water partition coefficient (Wildman–Crippen LogP) is 2.27. The van der Waals surface area contributed by atoms with Crippen LogP contribution in [0.2, 0.25) is 5.02 Å². The summed E-state index contributed by atoms with van der Waals surface area (Å²) in [6.45, 7) is 2.56. The molecule has 0 radical (unpaired) electrons. The Morgan fingerprint density at radius 1 is 1.38 bits per heavy atom. The Kier molecular flexibility index (Phi) is 5.08. The smallest absolute Gasteiger partial charge is 0.242 e. The second kappa shape index (κ2) is 6.48. The van der Waals surface area contributed by atoms with Gasteiger partial charge in [-0.1, -0.05) is 37.8 Å². The highest BCUT2D eigenvalue weighted by Crippen LogP contribution is 2.35. The summed E-state index contributed by atoms with van der Waals surface area (Å²) in [5, 5.41) is 0.171. The number of hydrogen-bond donors (Lipinski definition) is 3. The molecule has 0 atom stereocenters. The molecule has 1 saturated carbocycles. The topological polar surface area (TPSA) is 97.1 Å². The van der Waals surface area contributed by atoms with Crippen LogP contribution in [-0.2, 0) is 10.0 Å². The van der Waals surface area contributed by atoms with Gasteiger partial charge in [-0.2, -0.15) is 0 Å². The number of halogens is 1. The van der Waals surface area contributed by atoms with Gasteiger partial charge in [-0.3, -0.25) is 0 Å². The van der Waals surface area contributed by atoms with Gasteiger partial charge in [-0.05, 0) is 24.3 Å². The zero-order valence-corrected chi connectivity index (χ0v) is 13.6. The first-order valence-corrected chi connectivity index (χ1v) is 8.84. The van der Waals surface area contributed by atoms with Gasteiger partial charge in [0.2, 0.25) is 10.0 Å². The van der Waals surface area contributed by atoms with Crippen LogP contribution in [0.1, 0.15) is 39.0 Å². The Hall–Kier alpha value is -0.890. The number of anilines is 1. The van der Waals surface area contributed by atoms with Crippen molar-refractivity contribution in [1.29, 1.82) is 0 Å². The highest BCUT2D eigenvalue weighted by molar-refractivity contribution is 7.89. The van der Waals surface area contributed by atoms with Crippen LogP contribution in [0, 0.1) is 5.41 Å². The SMILES string of the molecule is CC1(CNS(=O)(=O)c2cnc(NN)c(Cl)c2)CCCCC1. The molecule has 0 saturated heterocycles. The van der Waals surface area contributed by atoms with E-state index in [9.17, 15) is 8.42 Å². The lowest BCUT2D eigenvalue weighted by Crippen LogP contribution is -2.37. The molecule has 4 N–H and O–H groups in total. The van der Waals surface area contributed by atoms with E-state index in [1.165, 1.54) is 18.7 Å². The average Bonchev–Trinajstić information content (AvgIpc) is 2.46. The molecule has 0 unspecified atom stereocenters. The fraction of sp³-hybridized carbons (Fsp3) is 0.615. The minimum Gasteiger partial charge on any atom is -0.307 e. The molecule has 1 heterocycles. The maximum absolute atomic E-state index is 12.3. The summed E-state index contributed by atoms with van der Waals surface area (Å²) in [6, 6.07) is 1.34. The first-order valence-electron chi connectivity index (χ1n) is 6.98. The number of nitrogens with one attached hydrogen (secondary N) is 2. The highest BCUT2D eigenvalue weighted by atomic mass is 35.5. The Labute approximate surface area is 130 Å². The van der Waals surface area contributed by atoms with Crippen molar-refractivity contribution in [2.24, 2.45) is 11.3 Å². The van der Waals surface area contributed by atoms with Crippen LogP contribution in [0.5, 0.6) is 0 Å². The number of nitrogen functional groups attached to an aromatic ring is 1. The molecule has 1 aromatic rings. The molecule has 0 spiro atoms. The molecule has 1 aliphatic carbocycles. The van der Waals surface area contributed by atoms with Gasteiger partial charge in [0.1, 0.15) is 4.90 Å². The number of nitrogens with two attached hydrogens (primary N) is 1. The Balaban J connectivity index is 2.09. The molecule has 0 aromatic carbocycles. The molecule has 1 fully saturated rings. The van der Waals surface area contributed by atoms with Crippen LogP contribution in [0.15, 0.2) is 17.2 Å². The van der Waals surface area contributed by atoms with E-state index >= 15 is 0 Å². The molecule has 1 aliphatic rings. The van der Waals surface area contributed by atoms with Gasteiger partial charge in [0.25, 0.3) is 0 Å². The summed E-state index contributed by atoms with van der Waals surface area (Å²) in [5.74, 6) is 5.47. The summed E-state index contributed by atoms with van der Waals surface area (Å²) < 4.78 is 27.3. The minimum absolute atomic E-state index is 0.0291. The second-order valence-electron chi connectivity index (χ2n) is 5.84. The molecule has 1 aromatic heterocycles. The lowest BCUT2D eigenvalue weighted by atomic mass is 9.76. The van der Waals surface area contributed by atoms with E-state index in [2.05, 4.69) is 22.1 Å². The fourth-order valence-corrected chi connectivity index (χ4v) is 4.06. The molecule has 8 heteroatoms.